The number of morpholine rings is 1. The molecule has 4 heterocycles. The van der Waals surface area contributed by atoms with Crippen LogP contribution in [0.2, 0.25) is 0 Å². The molecule has 0 amide bonds. The highest BCUT2D eigenvalue weighted by Gasteiger charge is 2.25. The maximum absolute atomic E-state index is 6.04. The van der Waals surface area contributed by atoms with E-state index >= 15 is 0 Å². The van der Waals surface area contributed by atoms with E-state index in [0.29, 0.717) is 0 Å². The maximum Gasteiger partial charge on any atom is 0.132 e. The topological polar surface area (TPSA) is 59.3 Å². The first-order chi connectivity index (χ1) is 12.2. The molecule has 0 aliphatic carbocycles. The third kappa shape index (κ3) is 3.82. The van der Waals surface area contributed by atoms with E-state index in [9.17, 15) is 0 Å². The Morgan fingerprint density at radius 3 is 2.80 bits per heavy atom. The van der Waals surface area contributed by atoms with Gasteiger partial charge in [0.25, 0.3) is 0 Å². The van der Waals surface area contributed by atoms with Gasteiger partial charge in [-0.05, 0) is 19.8 Å². The molecule has 7 nitrogen and oxygen atoms in total. The summed E-state index contributed by atoms with van der Waals surface area (Å²) in [4.78, 5) is 14.1. The lowest BCUT2D eigenvalue weighted by Gasteiger charge is -2.32. The number of hydrogen-bond acceptors (Lipinski definition) is 6. The molecule has 2 aliphatic heterocycles. The molecular weight excluding hydrogens is 316 g/mol. The predicted octanol–water partition coefficient (Wildman–Crippen LogP) is 1.69. The molecule has 4 rings (SSSR count). The summed E-state index contributed by atoms with van der Waals surface area (Å²) in [6.07, 6.45) is 6.51. The summed E-state index contributed by atoms with van der Waals surface area (Å²) in [5, 5.41) is 4.26. The maximum atomic E-state index is 6.04. The fourth-order valence-corrected chi connectivity index (χ4v) is 3.68. The Morgan fingerprint density at radius 1 is 1.20 bits per heavy atom. The molecular formula is C18H26N6O. The lowest BCUT2D eigenvalue weighted by atomic mass is 10.1. The van der Waals surface area contributed by atoms with Crippen molar-refractivity contribution in [2.24, 2.45) is 7.05 Å². The van der Waals surface area contributed by atoms with Crippen LogP contribution in [0.1, 0.15) is 36.0 Å². The van der Waals surface area contributed by atoms with Gasteiger partial charge in [-0.2, -0.15) is 5.10 Å². The smallest absolute Gasteiger partial charge is 0.132 e. The second kappa shape index (κ2) is 7.09. The number of hydrogen-bond donors (Lipinski definition) is 0. The van der Waals surface area contributed by atoms with Crippen LogP contribution in [0, 0.1) is 6.92 Å². The standard InChI is InChI=1S/C18H26N6O/c1-14-20-16(9-18(21-14)24-5-3-4-6-24)17-13-23(7-8-25-17)12-15-10-19-22(2)11-15/h9-11,17H,3-8,12-13H2,1-2H3/t17-/m1/s1. The third-order valence-electron chi connectivity index (χ3n) is 4.92. The van der Waals surface area contributed by atoms with Gasteiger partial charge in [0.05, 0.1) is 18.5 Å². The SMILES string of the molecule is Cc1nc([C@H]2CN(Cc3cnn(C)c3)CCO2)cc(N2CCCC2)n1. The molecule has 0 aromatic carbocycles. The van der Waals surface area contributed by atoms with Crippen LogP contribution in [-0.2, 0) is 18.3 Å². The largest absolute Gasteiger partial charge is 0.369 e. The number of aryl methyl sites for hydroxylation is 2. The first-order valence-corrected chi connectivity index (χ1v) is 9.09. The van der Waals surface area contributed by atoms with Crippen molar-refractivity contribution in [3.63, 3.8) is 0 Å². The molecule has 134 valence electrons. The van der Waals surface area contributed by atoms with Gasteiger partial charge < -0.3 is 9.64 Å². The van der Waals surface area contributed by atoms with Crippen molar-refractivity contribution in [2.75, 3.05) is 37.7 Å². The zero-order valence-electron chi connectivity index (χ0n) is 15.1. The summed E-state index contributed by atoms with van der Waals surface area (Å²) in [5.41, 5.74) is 2.24. The first kappa shape index (κ1) is 16.5. The van der Waals surface area contributed by atoms with Gasteiger partial charge in [0.2, 0.25) is 0 Å². The van der Waals surface area contributed by atoms with Gasteiger partial charge in [0, 0.05) is 57.6 Å². The summed E-state index contributed by atoms with van der Waals surface area (Å²) < 4.78 is 7.89. The molecule has 0 N–H and O–H groups in total. The lowest BCUT2D eigenvalue weighted by molar-refractivity contribution is -0.0351. The third-order valence-corrected chi connectivity index (χ3v) is 4.92. The Bertz CT molecular complexity index is 724. The summed E-state index contributed by atoms with van der Waals surface area (Å²) >= 11 is 0. The van der Waals surface area contributed by atoms with Crippen LogP contribution in [0.3, 0.4) is 0 Å². The van der Waals surface area contributed by atoms with E-state index < -0.39 is 0 Å². The molecule has 2 fully saturated rings. The van der Waals surface area contributed by atoms with Gasteiger partial charge in [0.15, 0.2) is 0 Å². The molecule has 0 saturated carbocycles. The molecule has 0 spiro atoms. The van der Waals surface area contributed by atoms with Gasteiger partial charge in [-0.3, -0.25) is 9.58 Å². The summed E-state index contributed by atoms with van der Waals surface area (Å²) in [7, 11) is 1.95. The van der Waals surface area contributed by atoms with Crippen molar-refractivity contribution in [3.05, 3.63) is 35.5 Å². The van der Waals surface area contributed by atoms with Crippen LogP contribution in [0.15, 0.2) is 18.5 Å². The van der Waals surface area contributed by atoms with Gasteiger partial charge in [-0.25, -0.2) is 9.97 Å². The van der Waals surface area contributed by atoms with Crippen molar-refractivity contribution in [2.45, 2.75) is 32.4 Å². The van der Waals surface area contributed by atoms with E-state index in [1.165, 1.54) is 18.4 Å². The monoisotopic (exact) mass is 342 g/mol. The second-order valence-corrected chi connectivity index (χ2v) is 7.01. The van der Waals surface area contributed by atoms with Crippen LogP contribution in [0.5, 0.6) is 0 Å². The zero-order valence-corrected chi connectivity index (χ0v) is 15.1. The molecule has 2 saturated heterocycles. The molecule has 2 aliphatic rings. The first-order valence-electron chi connectivity index (χ1n) is 9.09. The average molecular weight is 342 g/mol. The Morgan fingerprint density at radius 2 is 2.04 bits per heavy atom. The van der Waals surface area contributed by atoms with E-state index in [1.54, 1.807) is 0 Å². The molecule has 7 heteroatoms. The van der Waals surface area contributed by atoms with Crippen molar-refractivity contribution < 1.29 is 4.74 Å². The summed E-state index contributed by atoms with van der Waals surface area (Å²) in [6.45, 7) is 7.57. The highest BCUT2D eigenvalue weighted by molar-refractivity contribution is 5.41. The number of rotatable bonds is 4. The molecule has 0 unspecified atom stereocenters. The van der Waals surface area contributed by atoms with Gasteiger partial charge in [-0.15, -0.1) is 0 Å². The molecule has 25 heavy (non-hydrogen) atoms. The molecule has 1 atom stereocenters. The van der Waals surface area contributed by atoms with Crippen molar-refractivity contribution >= 4 is 5.82 Å². The van der Waals surface area contributed by atoms with E-state index in [0.717, 1.165) is 56.7 Å². The van der Waals surface area contributed by atoms with Crippen molar-refractivity contribution in [1.82, 2.24) is 24.6 Å². The highest BCUT2D eigenvalue weighted by atomic mass is 16.5. The molecule has 2 aromatic heterocycles. The van der Waals surface area contributed by atoms with E-state index in [1.807, 2.05) is 24.9 Å². The molecule has 2 aromatic rings. The van der Waals surface area contributed by atoms with Gasteiger partial charge in [-0.1, -0.05) is 0 Å². The van der Waals surface area contributed by atoms with Crippen molar-refractivity contribution in [1.29, 1.82) is 0 Å². The van der Waals surface area contributed by atoms with Crippen LogP contribution in [-0.4, -0.2) is 57.4 Å². The average Bonchev–Trinajstić information content (AvgIpc) is 3.27. The van der Waals surface area contributed by atoms with Gasteiger partial charge in [0.1, 0.15) is 17.7 Å². The zero-order chi connectivity index (χ0) is 17.2. The van der Waals surface area contributed by atoms with Crippen molar-refractivity contribution in [3.8, 4) is 0 Å². The number of anilines is 1. The predicted molar refractivity (Wildman–Crippen MR) is 95.4 cm³/mol. The Balaban J connectivity index is 1.48. The number of nitrogens with zero attached hydrogens (tertiary/aromatic N) is 6. The fraction of sp³-hybridized carbons (Fsp3) is 0.611. The Hall–Kier alpha value is -1.99. The van der Waals surface area contributed by atoms with Crippen LogP contribution in [0.25, 0.3) is 0 Å². The normalized spacial score (nSPS) is 21.8. The molecule has 0 radical (unpaired) electrons. The lowest BCUT2D eigenvalue weighted by Crippen LogP contribution is -2.38. The minimum Gasteiger partial charge on any atom is -0.369 e. The number of aromatic nitrogens is 4. The van der Waals surface area contributed by atoms with Gasteiger partial charge >= 0.3 is 0 Å². The summed E-state index contributed by atoms with van der Waals surface area (Å²) in [5.74, 6) is 1.88. The van der Waals surface area contributed by atoms with E-state index in [4.69, 9.17) is 4.74 Å². The number of ether oxygens (including phenoxy) is 1. The molecule has 0 bridgehead atoms. The van der Waals surface area contributed by atoms with Crippen LogP contribution >= 0.6 is 0 Å². The minimum atomic E-state index is 0.00785. The van der Waals surface area contributed by atoms with Crippen LogP contribution < -0.4 is 4.90 Å². The highest BCUT2D eigenvalue weighted by Crippen LogP contribution is 2.26. The fourth-order valence-electron chi connectivity index (χ4n) is 3.68. The van der Waals surface area contributed by atoms with Crippen LogP contribution in [0.4, 0.5) is 5.82 Å². The summed E-state index contributed by atoms with van der Waals surface area (Å²) in [6, 6.07) is 2.12. The Labute approximate surface area is 148 Å². The quantitative estimate of drug-likeness (QED) is 0.843. The van der Waals surface area contributed by atoms with E-state index in [-0.39, 0.29) is 6.10 Å². The Kier molecular flexibility index (Phi) is 4.67. The second-order valence-electron chi connectivity index (χ2n) is 7.01. The minimum absolute atomic E-state index is 0.00785. The van der Waals surface area contributed by atoms with E-state index in [2.05, 4.69) is 37.1 Å².